The zero-order chi connectivity index (χ0) is 13.7. The molecule has 0 aliphatic heterocycles. The Morgan fingerprint density at radius 2 is 2.26 bits per heavy atom. The fraction of sp³-hybridized carbons (Fsp3) is 0.357. The highest BCUT2D eigenvalue weighted by atomic mass is 15.0. The Bertz CT molecular complexity index is 581. The second kappa shape index (κ2) is 6.01. The van der Waals surface area contributed by atoms with E-state index >= 15 is 0 Å². The Morgan fingerprint density at radius 3 is 2.95 bits per heavy atom. The highest BCUT2D eigenvalue weighted by molar-refractivity contribution is 5.56. The van der Waals surface area contributed by atoms with Crippen molar-refractivity contribution in [3.8, 4) is 6.07 Å². The van der Waals surface area contributed by atoms with E-state index in [1.807, 2.05) is 30.7 Å². The second-order valence-electron chi connectivity index (χ2n) is 4.50. The van der Waals surface area contributed by atoms with Gasteiger partial charge in [0.2, 0.25) is 0 Å². The van der Waals surface area contributed by atoms with Gasteiger partial charge in [0.05, 0.1) is 11.9 Å². The fourth-order valence-corrected chi connectivity index (χ4v) is 1.99. The van der Waals surface area contributed by atoms with E-state index < -0.39 is 0 Å². The molecule has 0 unspecified atom stereocenters. The molecule has 2 aromatic heterocycles. The molecule has 0 amide bonds. The van der Waals surface area contributed by atoms with Gasteiger partial charge in [-0.15, -0.1) is 0 Å². The lowest BCUT2D eigenvalue weighted by atomic mass is 10.1. The van der Waals surface area contributed by atoms with Crippen LogP contribution in [0.25, 0.3) is 0 Å². The van der Waals surface area contributed by atoms with Gasteiger partial charge in [-0.05, 0) is 31.9 Å². The van der Waals surface area contributed by atoms with Gasteiger partial charge < -0.3 is 9.88 Å². The molecule has 1 N–H and O–H groups in total. The maximum absolute atomic E-state index is 9.15. The zero-order valence-electron chi connectivity index (χ0n) is 11.2. The van der Waals surface area contributed by atoms with Crippen LogP contribution in [0.5, 0.6) is 0 Å². The first-order chi connectivity index (χ1) is 9.20. The van der Waals surface area contributed by atoms with E-state index in [9.17, 15) is 0 Å². The van der Waals surface area contributed by atoms with Gasteiger partial charge in [0.1, 0.15) is 11.9 Å². The molecule has 0 bridgehead atoms. The largest absolute Gasteiger partial charge is 0.369 e. The summed E-state index contributed by atoms with van der Waals surface area (Å²) in [5.74, 6) is 0.686. The first kappa shape index (κ1) is 13.1. The van der Waals surface area contributed by atoms with Crippen LogP contribution in [0.4, 0.5) is 5.82 Å². The van der Waals surface area contributed by atoms with Crippen LogP contribution < -0.4 is 5.32 Å². The van der Waals surface area contributed by atoms with Gasteiger partial charge in [-0.3, -0.25) is 0 Å². The Labute approximate surface area is 112 Å². The summed E-state index contributed by atoms with van der Waals surface area (Å²) in [5.41, 5.74) is 2.52. The summed E-state index contributed by atoms with van der Waals surface area (Å²) in [7, 11) is 0. The summed E-state index contributed by atoms with van der Waals surface area (Å²) in [5, 5.41) is 12.4. The molecular weight excluding hydrogens is 238 g/mol. The van der Waals surface area contributed by atoms with Crippen molar-refractivity contribution in [2.24, 2.45) is 0 Å². The predicted molar refractivity (Wildman–Crippen MR) is 73.8 cm³/mol. The number of imidazole rings is 1. The average Bonchev–Trinajstić information content (AvgIpc) is 2.87. The molecule has 19 heavy (non-hydrogen) atoms. The van der Waals surface area contributed by atoms with Crippen LogP contribution in [0.1, 0.15) is 23.2 Å². The van der Waals surface area contributed by atoms with Gasteiger partial charge in [0.25, 0.3) is 0 Å². The molecule has 0 radical (unpaired) electrons. The van der Waals surface area contributed by atoms with Crippen LogP contribution >= 0.6 is 0 Å². The first-order valence-corrected chi connectivity index (χ1v) is 6.28. The van der Waals surface area contributed by atoms with Gasteiger partial charge in [-0.1, -0.05) is 0 Å². The van der Waals surface area contributed by atoms with Crippen molar-refractivity contribution in [2.45, 2.75) is 26.8 Å². The molecule has 0 fully saturated rings. The highest BCUT2D eigenvalue weighted by Gasteiger charge is 2.07. The lowest BCUT2D eigenvalue weighted by Gasteiger charge is -2.10. The number of aromatic nitrogens is 3. The quantitative estimate of drug-likeness (QED) is 0.832. The minimum atomic E-state index is 0.633. The Morgan fingerprint density at radius 1 is 1.42 bits per heavy atom. The minimum Gasteiger partial charge on any atom is -0.369 e. The number of aryl methyl sites for hydroxylation is 3. The molecule has 2 aromatic rings. The van der Waals surface area contributed by atoms with E-state index in [0.717, 1.165) is 30.8 Å². The van der Waals surface area contributed by atoms with Gasteiger partial charge in [-0.25, -0.2) is 9.97 Å². The van der Waals surface area contributed by atoms with Crippen molar-refractivity contribution < 1.29 is 0 Å². The number of anilines is 1. The van der Waals surface area contributed by atoms with Crippen molar-refractivity contribution in [3.63, 3.8) is 0 Å². The molecular formula is C14H17N5. The van der Waals surface area contributed by atoms with Crippen LogP contribution in [-0.4, -0.2) is 21.1 Å². The summed E-state index contributed by atoms with van der Waals surface area (Å²) in [4.78, 5) is 8.38. The Kier molecular flexibility index (Phi) is 4.14. The summed E-state index contributed by atoms with van der Waals surface area (Å²) in [6.07, 6.45) is 6.47. The van der Waals surface area contributed by atoms with E-state index in [0.29, 0.717) is 11.4 Å². The summed E-state index contributed by atoms with van der Waals surface area (Å²) in [6.45, 7) is 5.55. The molecule has 2 rings (SSSR count). The fourth-order valence-electron chi connectivity index (χ4n) is 1.99. The third kappa shape index (κ3) is 3.32. The van der Waals surface area contributed by atoms with E-state index in [4.69, 9.17) is 5.26 Å². The molecule has 5 heteroatoms. The van der Waals surface area contributed by atoms with Crippen LogP contribution in [0.3, 0.4) is 0 Å². The van der Waals surface area contributed by atoms with Crippen LogP contribution in [0.2, 0.25) is 0 Å². The molecule has 0 saturated heterocycles. The van der Waals surface area contributed by atoms with Gasteiger partial charge >= 0.3 is 0 Å². The summed E-state index contributed by atoms with van der Waals surface area (Å²) in [6, 6.07) is 4.13. The molecule has 0 spiro atoms. The molecule has 5 nitrogen and oxygen atoms in total. The van der Waals surface area contributed by atoms with Crippen LogP contribution in [-0.2, 0) is 6.54 Å². The number of nitrogens with one attached hydrogen (secondary N) is 1. The molecule has 0 aliphatic rings. The zero-order valence-corrected chi connectivity index (χ0v) is 11.2. The minimum absolute atomic E-state index is 0.633. The molecule has 98 valence electrons. The topological polar surface area (TPSA) is 66.5 Å². The van der Waals surface area contributed by atoms with Crippen LogP contribution in [0, 0.1) is 25.2 Å². The monoisotopic (exact) mass is 255 g/mol. The summed E-state index contributed by atoms with van der Waals surface area (Å²) >= 11 is 0. The predicted octanol–water partition coefficient (Wildman–Crippen LogP) is 2.27. The molecule has 0 saturated carbocycles. The molecule has 0 atom stereocenters. The Hall–Kier alpha value is -2.35. The first-order valence-electron chi connectivity index (χ1n) is 6.28. The normalized spacial score (nSPS) is 10.2. The van der Waals surface area contributed by atoms with Gasteiger partial charge in [-0.2, -0.15) is 5.26 Å². The van der Waals surface area contributed by atoms with Crippen molar-refractivity contribution in [1.82, 2.24) is 14.5 Å². The van der Waals surface area contributed by atoms with Crippen molar-refractivity contribution in [2.75, 3.05) is 11.9 Å². The number of nitrogens with zero attached hydrogens (tertiary/aromatic N) is 4. The van der Waals surface area contributed by atoms with E-state index in [1.54, 1.807) is 12.5 Å². The molecule has 0 aliphatic carbocycles. The van der Waals surface area contributed by atoms with E-state index in [1.165, 1.54) is 0 Å². The second-order valence-corrected chi connectivity index (χ2v) is 4.50. The number of pyridine rings is 1. The maximum Gasteiger partial charge on any atom is 0.144 e. The number of nitriles is 1. The average molecular weight is 255 g/mol. The number of rotatable bonds is 5. The lowest BCUT2D eigenvalue weighted by molar-refractivity contribution is 0.660. The van der Waals surface area contributed by atoms with Gasteiger partial charge in [0, 0.05) is 31.2 Å². The third-order valence-electron chi connectivity index (χ3n) is 2.90. The van der Waals surface area contributed by atoms with Crippen LogP contribution in [0.15, 0.2) is 24.8 Å². The molecule has 0 aromatic carbocycles. The summed E-state index contributed by atoms with van der Waals surface area (Å²) < 4.78 is 2.03. The van der Waals surface area contributed by atoms with Crippen molar-refractivity contribution in [3.05, 3.63) is 41.6 Å². The number of hydrogen-bond donors (Lipinski definition) is 1. The van der Waals surface area contributed by atoms with Gasteiger partial charge in [0.15, 0.2) is 0 Å². The molecule has 2 heterocycles. The maximum atomic E-state index is 9.15. The highest BCUT2D eigenvalue weighted by Crippen LogP contribution is 2.17. The van der Waals surface area contributed by atoms with Crippen molar-refractivity contribution >= 4 is 5.82 Å². The standard InChI is InChI=1S/C14H17N5/c1-11-8-12(2)18-14(13(11)9-15)17-4-3-6-19-7-5-16-10-19/h5,7-8,10H,3-4,6H2,1-2H3,(H,17,18). The smallest absolute Gasteiger partial charge is 0.144 e. The van der Waals surface area contributed by atoms with E-state index in [-0.39, 0.29) is 0 Å². The third-order valence-corrected chi connectivity index (χ3v) is 2.90. The van der Waals surface area contributed by atoms with Crippen molar-refractivity contribution in [1.29, 1.82) is 5.26 Å². The number of hydrogen-bond acceptors (Lipinski definition) is 4. The lowest BCUT2D eigenvalue weighted by Crippen LogP contribution is -2.09. The van der Waals surface area contributed by atoms with E-state index in [2.05, 4.69) is 21.4 Å². The SMILES string of the molecule is Cc1cc(C)c(C#N)c(NCCCn2ccnc2)n1. The Balaban J connectivity index is 1.94.